The first kappa shape index (κ1) is 15.6. The van der Waals surface area contributed by atoms with Gasteiger partial charge in [-0.2, -0.15) is 5.10 Å². The molecular weight excluding hydrogens is 318 g/mol. The maximum atomic E-state index is 12.3. The minimum absolute atomic E-state index is 0.0176. The summed E-state index contributed by atoms with van der Waals surface area (Å²) in [6.45, 7) is 0.594. The zero-order valence-electron chi connectivity index (χ0n) is 13.7. The minimum atomic E-state index is -0.197. The van der Waals surface area contributed by atoms with Crippen molar-refractivity contribution in [1.82, 2.24) is 25.1 Å². The number of nitrogens with one attached hydrogen (secondary N) is 2. The average Bonchev–Trinajstić information content (AvgIpc) is 3.03. The number of amides is 1. The van der Waals surface area contributed by atoms with Crippen molar-refractivity contribution in [2.45, 2.75) is 38.3 Å². The fourth-order valence-corrected chi connectivity index (χ4v) is 3.37. The van der Waals surface area contributed by atoms with Gasteiger partial charge in [-0.25, -0.2) is 10.1 Å². The van der Waals surface area contributed by atoms with Crippen LogP contribution in [0.2, 0.25) is 0 Å². The Labute approximate surface area is 144 Å². The molecule has 0 fully saturated rings. The van der Waals surface area contributed by atoms with E-state index in [0.29, 0.717) is 19.4 Å². The lowest BCUT2D eigenvalue weighted by Gasteiger charge is -2.24. The standard InChI is InChI=1S/C18H19N5O2/c24-17(7-8-23-11-19-15-3-1-2-4-16(15)23)20-13-5-6-14-12(9-13)10-18(25)22-21-14/h1-4,10-11,13H,5-9H2,(H,20,24)(H,22,25)/t13-/m0/s1. The Morgan fingerprint density at radius 2 is 2.24 bits per heavy atom. The van der Waals surface area contributed by atoms with Crippen LogP contribution in [0.4, 0.5) is 0 Å². The van der Waals surface area contributed by atoms with Gasteiger partial charge in [0.15, 0.2) is 0 Å². The maximum absolute atomic E-state index is 12.3. The first-order valence-electron chi connectivity index (χ1n) is 8.46. The Morgan fingerprint density at radius 1 is 1.36 bits per heavy atom. The van der Waals surface area contributed by atoms with E-state index < -0.39 is 0 Å². The Kier molecular flexibility index (Phi) is 4.05. The van der Waals surface area contributed by atoms with Crippen LogP contribution in [0.15, 0.2) is 41.5 Å². The highest BCUT2D eigenvalue weighted by Crippen LogP contribution is 2.18. The van der Waals surface area contributed by atoms with E-state index in [-0.39, 0.29) is 17.5 Å². The zero-order valence-corrected chi connectivity index (χ0v) is 13.7. The number of hydrogen-bond acceptors (Lipinski definition) is 4. The van der Waals surface area contributed by atoms with Crippen molar-refractivity contribution in [2.24, 2.45) is 0 Å². The number of aromatic amines is 1. The molecule has 1 aliphatic rings. The SMILES string of the molecule is O=C(CCn1cnc2ccccc21)N[C@H]1CCc2n[nH]c(=O)cc2C1. The topological polar surface area (TPSA) is 92.7 Å². The van der Waals surface area contributed by atoms with Gasteiger partial charge in [0.05, 0.1) is 23.1 Å². The number of hydrogen-bond donors (Lipinski definition) is 2. The predicted octanol–water partition coefficient (Wildman–Crippen LogP) is 1.18. The van der Waals surface area contributed by atoms with E-state index in [9.17, 15) is 9.59 Å². The van der Waals surface area contributed by atoms with Gasteiger partial charge in [0.25, 0.3) is 5.56 Å². The molecule has 7 heteroatoms. The summed E-state index contributed by atoms with van der Waals surface area (Å²) in [5, 5.41) is 9.61. The van der Waals surface area contributed by atoms with Crippen molar-refractivity contribution in [3.63, 3.8) is 0 Å². The molecule has 0 unspecified atom stereocenters. The van der Waals surface area contributed by atoms with Crippen LogP contribution in [0.5, 0.6) is 0 Å². The molecule has 0 spiro atoms. The van der Waals surface area contributed by atoms with Crippen LogP contribution >= 0.6 is 0 Å². The third-order valence-electron chi connectivity index (χ3n) is 4.65. The summed E-state index contributed by atoms with van der Waals surface area (Å²) >= 11 is 0. The van der Waals surface area contributed by atoms with E-state index in [4.69, 9.17) is 0 Å². The third kappa shape index (κ3) is 3.31. The van der Waals surface area contributed by atoms with Gasteiger partial charge in [0.2, 0.25) is 5.91 Å². The minimum Gasteiger partial charge on any atom is -0.353 e. The lowest BCUT2D eigenvalue weighted by molar-refractivity contribution is -0.122. The molecule has 4 rings (SSSR count). The number of rotatable bonds is 4. The normalized spacial score (nSPS) is 16.6. The summed E-state index contributed by atoms with van der Waals surface area (Å²) in [6, 6.07) is 9.52. The summed E-state index contributed by atoms with van der Waals surface area (Å²) in [6.07, 6.45) is 4.44. The highest BCUT2D eigenvalue weighted by molar-refractivity contribution is 5.77. The van der Waals surface area contributed by atoms with E-state index in [0.717, 1.165) is 35.1 Å². The van der Waals surface area contributed by atoms with Gasteiger partial charge in [-0.05, 0) is 37.0 Å². The Bertz CT molecular complexity index is 975. The number of carbonyl (C=O) groups excluding carboxylic acids is 1. The van der Waals surface area contributed by atoms with Crippen LogP contribution in [0.25, 0.3) is 11.0 Å². The molecule has 1 aromatic carbocycles. The number of fused-ring (bicyclic) bond motifs is 2. The molecule has 0 saturated heterocycles. The Morgan fingerprint density at radius 3 is 3.16 bits per heavy atom. The van der Waals surface area contributed by atoms with Crippen LogP contribution in [-0.4, -0.2) is 31.7 Å². The number of nitrogens with zero attached hydrogens (tertiary/aromatic N) is 3. The van der Waals surface area contributed by atoms with Gasteiger partial charge < -0.3 is 9.88 Å². The molecule has 1 atom stereocenters. The number of aryl methyl sites for hydroxylation is 2. The zero-order chi connectivity index (χ0) is 17.2. The summed E-state index contributed by atoms with van der Waals surface area (Å²) < 4.78 is 1.99. The lowest BCUT2D eigenvalue weighted by atomic mass is 9.92. The third-order valence-corrected chi connectivity index (χ3v) is 4.65. The van der Waals surface area contributed by atoms with Gasteiger partial charge in [-0.3, -0.25) is 9.59 Å². The van der Waals surface area contributed by atoms with E-state index in [1.54, 1.807) is 12.4 Å². The van der Waals surface area contributed by atoms with Crippen molar-refractivity contribution < 1.29 is 4.79 Å². The smallest absolute Gasteiger partial charge is 0.264 e. The first-order chi connectivity index (χ1) is 12.2. The average molecular weight is 337 g/mol. The van der Waals surface area contributed by atoms with Crippen LogP contribution in [0.1, 0.15) is 24.1 Å². The lowest BCUT2D eigenvalue weighted by Crippen LogP contribution is -2.39. The molecule has 2 aromatic heterocycles. The molecule has 0 radical (unpaired) electrons. The van der Waals surface area contributed by atoms with E-state index in [1.165, 1.54) is 0 Å². The fraction of sp³-hybridized carbons (Fsp3) is 0.333. The molecule has 0 saturated carbocycles. The molecule has 3 aromatic rings. The second-order valence-electron chi connectivity index (χ2n) is 6.39. The first-order valence-corrected chi connectivity index (χ1v) is 8.46. The second-order valence-corrected chi connectivity index (χ2v) is 6.39. The van der Waals surface area contributed by atoms with Gasteiger partial charge in [-0.15, -0.1) is 0 Å². The summed E-state index contributed by atoms with van der Waals surface area (Å²) in [5.41, 5.74) is 3.63. The number of benzene rings is 1. The number of aromatic nitrogens is 4. The predicted molar refractivity (Wildman–Crippen MR) is 93.2 cm³/mol. The van der Waals surface area contributed by atoms with E-state index >= 15 is 0 Å². The molecule has 25 heavy (non-hydrogen) atoms. The van der Waals surface area contributed by atoms with Gasteiger partial charge >= 0.3 is 0 Å². The van der Waals surface area contributed by atoms with E-state index in [1.807, 2.05) is 28.8 Å². The number of para-hydroxylation sites is 2. The van der Waals surface area contributed by atoms with Crippen molar-refractivity contribution in [2.75, 3.05) is 0 Å². The van der Waals surface area contributed by atoms with Crippen LogP contribution in [0.3, 0.4) is 0 Å². The summed E-state index contributed by atoms with van der Waals surface area (Å²) in [7, 11) is 0. The number of carbonyl (C=O) groups is 1. The highest BCUT2D eigenvalue weighted by Gasteiger charge is 2.21. The molecule has 1 amide bonds. The number of imidazole rings is 1. The molecule has 128 valence electrons. The van der Waals surface area contributed by atoms with Crippen molar-refractivity contribution >= 4 is 16.9 Å². The van der Waals surface area contributed by atoms with Gasteiger partial charge in [0.1, 0.15) is 0 Å². The molecule has 0 aliphatic heterocycles. The monoisotopic (exact) mass is 337 g/mol. The quantitative estimate of drug-likeness (QED) is 0.748. The Hall–Kier alpha value is -2.96. The van der Waals surface area contributed by atoms with Crippen molar-refractivity contribution in [1.29, 1.82) is 0 Å². The van der Waals surface area contributed by atoms with Crippen molar-refractivity contribution in [3.05, 3.63) is 58.3 Å². The Balaban J connectivity index is 1.36. The summed E-state index contributed by atoms with van der Waals surface area (Å²) in [5.74, 6) is 0.0176. The van der Waals surface area contributed by atoms with E-state index in [2.05, 4.69) is 20.5 Å². The molecule has 2 N–H and O–H groups in total. The molecule has 2 heterocycles. The summed E-state index contributed by atoms with van der Waals surface area (Å²) in [4.78, 5) is 28.0. The fourth-order valence-electron chi connectivity index (χ4n) is 3.37. The largest absolute Gasteiger partial charge is 0.353 e. The highest BCUT2D eigenvalue weighted by atomic mass is 16.1. The van der Waals surface area contributed by atoms with Gasteiger partial charge in [-0.1, -0.05) is 12.1 Å². The van der Waals surface area contributed by atoms with Crippen LogP contribution < -0.4 is 10.9 Å². The van der Waals surface area contributed by atoms with Gasteiger partial charge in [0, 0.05) is 25.1 Å². The second kappa shape index (κ2) is 6.51. The van der Waals surface area contributed by atoms with Crippen LogP contribution in [-0.2, 0) is 24.2 Å². The molecule has 7 nitrogen and oxygen atoms in total. The molecular formula is C18H19N5O2. The molecule has 0 bridgehead atoms. The number of H-pyrrole nitrogens is 1. The van der Waals surface area contributed by atoms with Crippen LogP contribution in [0, 0.1) is 0 Å². The molecule has 1 aliphatic carbocycles. The maximum Gasteiger partial charge on any atom is 0.264 e. The van der Waals surface area contributed by atoms with Crippen molar-refractivity contribution in [3.8, 4) is 0 Å².